The van der Waals surface area contributed by atoms with Gasteiger partial charge >= 0.3 is 33.3 Å². The summed E-state index contributed by atoms with van der Waals surface area (Å²) in [5.74, 6) is -2.84. The lowest BCUT2D eigenvalue weighted by Gasteiger charge is -2.32. The minimum atomic E-state index is -5.40. The van der Waals surface area contributed by atoms with Crippen LogP contribution in [0.3, 0.4) is 0 Å². The summed E-state index contributed by atoms with van der Waals surface area (Å²) in [6.45, 7) is 18.6. The van der Waals surface area contributed by atoms with Crippen LogP contribution >= 0.6 is 15.6 Å². The van der Waals surface area contributed by atoms with Crippen molar-refractivity contribution in [1.82, 2.24) is 14.3 Å². The van der Waals surface area contributed by atoms with Crippen LogP contribution in [-0.4, -0.2) is 56.4 Å². The molecule has 1 saturated heterocycles. The van der Waals surface area contributed by atoms with Crippen molar-refractivity contribution < 1.29 is 60.2 Å². The predicted molar refractivity (Wildman–Crippen MR) is 205 cm³/mol. The summed E-state index contributed by atoms with van der Waals surface area (Å²) in [5.41, 5.74) is -3.22. The number of carbonyl (C=O) groups is 2. The average Bonchev–Trinajstić information content (AvgIpc) is 3.62. The zero-order valence-electron chi connectivity index (χ0n) is 34.4. The molecule has 18 nitrogen and oxygen atoms in total. The second-order valence-electron chi connectivity index (χ2n) is 17.4. The first-order chi connectivity index (χ1) is 26.1. The summed E-state index contributed by atoms with van der Waals surface area (Å²) in [4.78, 5) is 63.2. The molecule has 0 aliphatic carbocycles. The van der Waals surface area contributed by atoms with E-state index in [1.807, 2.05) is 0 Å². The lowest BCUT2D eigenvalue weighted by molar-refractivity contribution is -0.191. The van der Waals surface area contributed by atoms with E-state index in [1.54, 1.807) is 107 Å². The summed E-state index contributed by atoms with van der Waals surface area (Å²) in [6, 6.07) is 8.23. The summed E-state index contributed by atoms with van der Waals surface area (Å²) in [7, 11) is -10.7. The Balaban J connectivity index is 1.56. The topological polar surface area (TPSA) is 223 Å². The minimum absolute atomic E-state index is 0.173. The van der Waals surface area contributed by atoms with Gasteiger partial charge in [0, 0.05) is 35.9 Å². The first-order valence-corrected chi connectivity index (χ1v) is 21.5. The number of para-hydroxylation sites is 1. The Hall–Kier alpha value is -3.47. The van der Waals surface area contributed by atoms with Crippen molar-refractivity contribution in [2.45, 2.75) is 121 Å². The zero-order valence-corrected chi connectivity index (χ0v) is 36.2. The normalized spacial score (nSPS) is 20.6. The van der Waals surface area contributed by atoms with E-state index >= 15 is 0 Å². The molecule has 3 aromatic rings. The highest BCUT2D eigenvalue weighted by Crippen LogP contribution is 2.65. The maximum atomic E-state index is 14.4. The van der Waals surface area contributed by atoms with Crippen LogP contribution in [0, 0.1) is 28.1 Å². The average molecular weight is 844 g/mol. The third-order valence-corrected chi connectivity index (χ3v) is 11.9. The number of hydrogen-bond donors (Lipinski definition) is 1. The molecule has 0 radical (unpaired) electrons. The summed E-state index contributed by atoms with van der Waals surface area (Å²) in [6.07, 6.45) is -3.61. The SMILES string of the molecule is CC(C)C(OC(=O)C(C)(C)C)OP(=O)(OC(OC(=O)C(C)(C)C)C(C)C)OP(=O)(O)OC[C@H]1O[C@@H](n2ccc(=O)n(Cc3noc4ccccc34)c2=O)CC1(C)C. The summed E-state index contributed by atoms with van der Waals surface area (Å²) in [5, 5.41) is 4.67. The number of carbonyl (C=O) groups excluding carboxylic acids is 2. The number of rotatable bonds is 16. The Kier molecular flexibility index (Phi) is 14.1. The summed E-state index contributed by atoms with van der Waals surface area (Å²) < 4.78 is 74.3. The van der Waals surface area contributed by atoms with Crippen LogP contribution in [0.1, 0.15) is 101 Å². The second kappa shape index (κ2) is 17.4. The van der Waals surface area contributed by atoms with Gasteiger partial charge in [-0.2, -0.15) is 4.31 Å². The fourth-order valence-electron chi connectivity index (χ4n) is 5.28. The number of phosphoric ester groups is 2. The molecular formula is C37H55N3O15P2. The Morgan fingerprint density at radius 3 is 2.00 bits per heavy atom. The molecule has 5 atom stereocenters. The molecule has 3 unspecified atom stereocenters. The monoisotopic (exact) mass is 843 g/mol. The third-order valence-electron chi connectivity index (χ3n) is 8.88. The van der Waals surface area contributed by atoms with Crippen LogP contribution in [0.4, 0.5) is 0 Å². The highest BCUT2D eigenvalue weighted by atomic mass is 31.3. The van der Waals surface area contributed by atoms with Gasteiger partial charge in [0.05, 0.1) is 30.1 Å². The molecule has 1 aromatic carbocycles. The molecule has 3 heterocycles. The standard InChI is InChI=1S/C37H55N3O15P2/c1-22(2)30(50-32(42)35(5,6)7)53-57(47,54-31(23(3)4)51-33(43)36(8,9)10)55-56(45,46)48-21-27-37(11,12)19-29(49-27)39-18-17-28(41)40(34(39)44)20-25-24-15-13-14-16-26(24)52-38-25/h13-18,22-23,27,29-31H,19-21H2,1-12H3,(H,45,46)/t27-,29-,30?,31?,57?/m1/s1. The quantitative estimate of drug-likeness (QED) is 0.0877. The van der Waals surface area contributed by atoms with Gasteiger partial charge in [-0.3, -0.25) is 28.0 Å². The van der Waals surface area contributed by atoms with Crippen LogP contribution in [0.15, 0.2) is 50.6 Å². The highest BCUT2D eigenvalue weighted by Gasteiger charge is 2.48. The number of hydrogen-bond acceptors (Lipinski definition) is 15. The van der Waals surface area contributed by atoms with E-state index in [0.29, 0.717) is 16.7 Å². The number of ether oxygens (including phenoxy) is 3. The molecule has 0 saturated carbocycles. The van der Waals surface area contributed by atoms with Crippen molar-refractivity contribution in [3.05, 3.63) is 63.1 Å². The number of fused-ring (bicyclic) bond motifs is 1. The van der Waals surface area contributed by atoms with Gasteiger partial charge in [-0.1, -0.05) is 58.8 Å². The third kappa shape index (κ3) is 11.8. The molecule has 318 valence electrons. The van der Waals surface area contributed by atoms with Crippen LogP contribution < -0.4 is 11.2 Å². The van der Waals surface area contributed by atoms with Gasteiger partial charge in [0.15, 0.2) is 5.58 Å². The van der Waals surface area contributed by atoms with Crippen LogP contribution in [0.25, 0.3) is 11.0 Å². The maximum absolute atomic E-state index is 14.4. The smallest absolute Gasteiger partial charge is 0.434 e. The number of esters is 2. The lowest BCUT2D eigenvalue weighted by atomic mass is 9.85. The van der Waals surface area contributed by atoms with E-state index in [4.69, 9.17) is 36.6 Å². The fraction of sp³-hybridized carbons (Fsp3) is 0.649. The van der Waals surface area contributed by atoms with E-state index in [1.165, 1.54) is 16.8 Å². The van der Waals surface area contributed by atoms with Crippen LogP contribution in [-0.2, 0) is 57.4 Å². The van der Waals surface area contributed by atoms with Gasteiger partial charge in [-0.15, -0.1) is 0 Å². The van der Waals surface area contributed by atoms with Crippen molar-refractivity contribution in [3.8, 4) is 0 Å². The van der Waals surface area contributed by atoms with E-state index in [2.05, 4.69) is 5.16 Å². The first kappa shape index (κ1) is 46.2. The van der Waals surface area contributed by atoms with Crippen molar-refractivity contribution in [3.63, 3.8) is 0 Å². The van der Waals surface area contributed by atoms with Crippen molar-refractivity contribution in [1.29, 1.82) is 0 Å². The number of nitrogens with zero attached hydrogens (tertiary/aromatic N) is 3. The molecule has 1 aliphatic rings. The molecule has 0 spiro atoms. The molecule has 0 amide bonds. The number of benzene rings is 1. The van der Waals surface area contributed by atoms with Gasteiger partial charge < -0.3 is 23.6 Å². The van der Waals surface area contributed by atoms with E-state index in [0.717, 1.165) is 4.57 Å². The second-order valence-corrected chi connectivity index (χ2v) is 20.5. The molecule has 2 aromatic heterocycles. The first-order valence-electron chi connectivity index (χ1n) is 18.5. The summed E-state index contributed by atoms with van der Waals surface area (Å²) >= 11 is 0. The van der Waals surface area contributed by atoms with Crippen LogP contribution in [0.2, 0.25) is 0 Å². The molecular weight excluding hydrogens is 788 g/mol. The molecule has 20 heteroatoms. The lowest BCUT2D eigenvalue weighted by Crippen LogP contribution is -2.40. The predicted octanol–water partition coefficient (Wildman–Crippen LogP) is 6.93. The zero-order chi connectivity index (χ0) is 42.9. The van der Waals surface area contributed by atoms with E-state index in [-0.39, 0.29) is 13.0 Å². The van der Waals surface area contributed by atoms with Gasteiger partial charge in [0.25, 0.3) is 5.56 Å². The molecule has 1 fully saturated rings. The number of aromatic nitrogens is 3. The minimum Gasteiger partial charge on any atom is -0.434 e. The Morgan fingerprint density at radius 2 is 1.47 bits per heavy atom. The Morgan fingerprint density at radius 1 is 0.930 bits per heavy atom. The van der Waals surface area contributed by atoms with Crippen molar-refractivity contribution >= 4 is 38.6 Å². The molecule has 1 aliphatic heterocycles. The Bertz CT molecular complexity index is 2080. The highest BCUT2D eigenvalue weighted by molar-refractivity contribution is 7.61. The molecule has 0 bridgehead atoms. The van der Waals surface area contributed by atoms with Crippen LogP contribution in [0.5, 0.6) is 0 Å². The van der Waals surface area contributed by atoms with Gasteiger partial charge in [0.1, 0.15) is 11.9 Å². The number of phosphoric acid groups is 2. The molecule has 1 N–H and O–H groups in total. The maximum Gasteiger partial charge on any atom is 0.490 e. The molecule has 57 heavy (non-hydrogen) atoms. The van der Waals surface area contributed by atoms with Crippen molar-refractivity contribution in [2.75, 3.05) is 6.61 Å². The van der Waals surface area contributed by atoms with Gasteiger partial charge in [-0.25, -0.2) is 23.0 Å². The fourth-order valence-corrected chi connectivity index (χ4v) is 8.25. The molecule has 4 rings (SSSR count). The van der Waals surface area contributed by atoms with E-state index in [9.17, 15) is 33.2 Å². The van der Waals surface area contributed by atoms with Gasteiger partial charge in [-0.05, 0) is 59.1 Å². The van der Waals surface area contributed by atoms with E-state index < -0.39 is 98.4 Å². The Labute approximate surface area is 331 Å². The van der Waals surface area contributed by atoms with Crippen molar-refractivity contribution in [2.24, 2.45) is 28.1 Å². The largest absolute Gasteiger partial charge is 0.490 e. The van der Waals surface area contributed by atoms with Gasteiger partial charge in [0.2, 0.25) is 12.6 Å².